The fourth-order valence-corrected chi connectivity index (χ4v) is 5.44. The summed E-state index contributed by atoms with van der Waals surface area (Å²) < 4.78 is 31.4. The number of carbonyl (C=O) groups excluding carboxylic acids is 1. The van der Waals surface area contributed by atoms with E-state index in [9.17, 15) is 4.79 Å². The molecule has 1 aliphatic rings. The van der Waals surface area contributed by atoms with Crippen molar-refractivity contribution in [1.82, 2.24) is 0 Å². The molecule has 0 saturated carbocycles. The summed E-state index contributed by atoms with van der Waals surface area (Å²) in [6.45, 7) is 25.7. The molecule has 0 unspecified atom stereocenters. The van der Waals surface area contributed by atoms with Gasteiger partial charge in [-0.15, -0.1) is 0 Å². The van der Waals surface area contributed by atoms with Gasteiger partial charge in [0.25, 0.3) is 0 Å². The Bertz CT molecular complexity index is 579. The molecule has 0 bridgehead atoms. The van der Waals surface area contributed by atoms with Crippen LogP contribution in [0.4, 0.5) is 0 Å². The molecule has 6 nitrogen and oxygen atoms in total. The molecule has 0 amide bonds. The van der Waals surface area contributed by atoms with Gasteiger partial charge in [0.1, 0.15) is 12.2 Å². The first kappa shape index (κ1) is 27.8. The summed E-state index contributed by atoms with van der Waals surface area (Å²) in [5.41, 5.74) is 0. The first-order valence-electron chi connectivity index (χ1n) is 11.1. The lowest BCUT2D eigenvalue weighted by Gasteiger charge is -2.51. The fourth-order valence-electron chi connectivity index (χ4n) is 2.85. The van der Waals surface area contributed by atoms with Gasteiger partial charge < -0.3 is 23.1 Å². The van der Waals surface area contributed by atoms with Gasteiger partial charge in [0.15, 0.2) is 29.0 Å². The van der Waals surface area contributed by atoms with Crippen molar-refractivity contribution in [2.75, 3.05) is 7.11 Å². The number of esters is 1. The Labute approximate surface area is 186 Å². The second-order valence-corrected chi connectivity index (χ2v) is 21.0. The summed E-state index contributed by atoms with van der Waals surface area (Å²) >= 11 is 0. The average Bonchev–Trinajstić information content (AvgIpc) is 2.57. The summed E-state index contributed by atoms with van der Waals surface area (Å²) in [7, 11) is -2.75. The molecule has 178 valence electrons. The molecular formula is C22H46O6Si2. The van der Waals surface area contributed by atoms with Crippen molar-refractivity contribution in [3.8, 4) is 0 Å². The summed E-state index contributed by atoms with van der Waals surface area (Å²) in [6.07, 6.45) is -2.12. The predicted molar refractivity (Wildman–Crippen MR) is 126 cm³/mol. The molecular weight excluding hydrogens is 416 g/mol. The standard InChI is InChI=1S/C22H46O6Si2/c1-14-16(23)26-17-15(2)25-20(24-9)19(28-30(12,13)22(6,7)8)18(17)27-29(10,11)21(3,4)5/h15,17-20H,14H2,1-13H3/t15-,17-,18+,19-,20+/m1/s1. The van der Waals surface area contributed by atoms with Gasteiger partial charge in [0.2, 0.25) is 0 Å². The number of hydrogen-bond donors (Lipinski definition) is 0. The van der Waals surface area contributed by atoms with E-state index in [0.717, 1.165) is 0 Å². The largest absolute Gasteiger partial charge is 0.457 e. The molecule has 0 aromatic heterocycles. The Morgan fingerprint density at radius 1 is 0.867 bits per heavy atom. The zero-order valence-electron chi connectivity index (χ0n) is 21.5. The fraction of sp³-hybridized carbons (Fsp3) is 0.955. The number of rotatable bonds is 7. The highest BCUT2D eigenvalue weighted by molar-refractivity contribution is 6.74. The minimum Gasteiger partial charge on any atom is -0.457 e. The van der Waals surface area contributed by atoms with Crippen molar-refractivity contribution in [3.05, 3.63) is 0 Å². The Kier molecular flexibility index (Phi) is 8.99. The zero-order chi connectivity index (χ0) is 23.7. The third kappa shape index (κ3) is 6.39. The van der Waals surface area contributed by atoms with Crippen molar-refractivity contribution in [1.29, 1.82) is 0 Å². The molecule has 0 aromatic carbocycles. The van der Waals surface area contributed by atoms with E-state index < -0.39 is 41.2 Å². The van der Waals surface area contributed by atoms with Gasteiger partial charge in [0, 0.05) is 13.5 Å². The Morgan fingerprint density at radius 2 is 1.30 bits per heavy atom. The lowest BCUT2D eigenvalue weighted by atomic mass is 9.99. The van der Waals surface area contributed by atoms with Crippen LogP contribution in [0.15, 0.2) is 0 Å². The molecule has 0 aromatic rings. The van der Waals surface area contributed by atoms with Crippen molar-refractivity contribution < 1.29 is 27.9 Å². The molecule has 0 N–H and O–H groups in total. The van der Waals surface area contributed by atoms with Crippen LogP contribution in [0.3, 0.4) is 0 Å². The molecule has 1 fully saturated rings. The van der Waals surface area contributed by atoms with Crippen LogP contribution >= 0.6 is 0 Å². The van der Waals surface area contributed by atoms with Crippen LogP contribution in [0.1, 0.15) is 61.8 Å². The van der Waals surface area contributed by atoms with Crippen LogP contribution in [-0.4, -0.2) is 60.4 Å². The molecule has 1 aliphatic heterocycles. The molecule has 0 spiro atoms. The number of hydrogen-bond acceptors (Lipinski definition) is 6. The summed E-state index contributed by atoms with van der Waals surface area (Å²) in [5.74, 6) is -0.263. The Hall–Kier alpha value is -0.256. The van der Waals surface area contributed by atoms with Gasteiger partial charge >= 0.3 is 5.97 Å². The van der Waals surface area contributed by atoms with Crippen molar-refractivity contribution >= 4 is 22.6 Å². The zero-order valence-corrected chi connectivity index (χ0v) is 23.5. The maximum Gasteiger partial charge on any atom is 0.305 e. The van der Waals surface area contributed by atoms with Crippen LogP contribution in [0, 0.1) is 0 Å². The van der Waals surface area contributed by atoms with Crippen LogP contribution < -0.4 is 0 Å². The van der Waals surface area contributed by atoms with Crippen molar-refractivity contribution in [2.24, 2.45) is 0 Å². The Balaban J connectivity index is 3.45. The minimum absolute atomic E-state index is 0.00203. The van der Waals surface area contributed by atoms with E-state index in [2.05, 4.69) is 67.7 Å². The quantitative estimate of drug-likeness (QED) is 0.369. The molecule has 8 heteroatoms. The second-order valence-electron chi connectivity index (χ2n) is 11.4. The normalized spacial score (nSPS) is 29.0. The van der Waals surface area contributed by atoms with Crippen LogP contribution in [-0.2, 0) is 27.9 Å². The monoisotopic (exact) mass is 462 g/mol. The van der Waals surface area contributed by atoms with E-state index in [-0.39, 0.29) is 22.1 Å². The van der Waals surface area contributed by atoms with E-state index in [0.29, 0.717) is 6.42 Å². The molecule has 0 aliphatic carbocycles. The number of ether oxygens (including phenoxy) is 3. The van der Waals surface area contributed by atoms with E-state index in [1.807, 2.05) is 6.92 Å². The maximum absolute atomic E-state index is 12.3. The van der Waals surface area contributed by atoms with Gasteiger partial charge in [-0.2, -0.15) is 0 Å². The number of methoxy groups -OCH3 is 1. The highest BCUT2D eigenvalue weighted by atomic mass is 28.4. The van der Waals surface area contributed by atoms with E-state index >= 15 is 0 Å². The SMILES string of the molecule is CCC(=O)O[C@H]1[C@H](O[Si](C)(C)C(C)(C)C)[C@@H](O[Si](C)(C)C(C)(C)C)[C@@H](OC)O[C@@H]1C. The third-order valence-electron chi connectivity index (χ3n) is 6.99. The lowest BCUT2D eigenvalue weighted by molar-refractivity contribution is -0.282. The third-order valence-corrected chi connectivity index (χ3v) is 15.9. The highest BCUT2D eigenvalue weighted by Crippen LogP contribution is 2.43. The smallest absolute Gasteiger partial charge is 0.305 e. The maximum atomic E-state index is 12.3. The van der Waals surface area contributed by atoms with Gasteiger partial charge in [-0.1, -0.05) is 48.5 Å². The summed E-state index contributed by atoms with van der Waals surface area (Å²) in [6, 6.07) is 0. The first-order chi connectivity index (χ1) is 13.4. The van der Waals surface area contributed by atoms with E-state index in [1.54, 1.807) is 14.0 Å². The van der Waals surface area contributed by atoms with Gasteiger partial charge in [-0.3, -0.25) is 4.79 Å². The molecule has 0 radical (unpaired) electrons. The van der Waals surface area contributed by atoms with Gasteiger partial charge in [-0.05, 0) is 43.2 Å². The van der Waals surface area contributed by atoms with E-state index in [4.69, 9.17) is 23.1 Å². The molecule has 5 atom stereocenters. The topological polar surface area (TPSA) is 63.2 Å². The molecule has 30 heavy (non-hydrogen) atoms. The minimum atomic E-state index is -2.20. The van der Waals surface area contributed by atoms with Crippen LogP contribution in [0.5, 0.6) is 0 Å². The summed E-state index contributed by atoms with van der Waals surface area (Å²) in [5, 5.41) is 0.00339. The summed E-state index contributed by atoms with van der Waals surface area (Å²) in [4.78, 5) is 12.3. The lowest BCUT2D eigenvalue weighted by Crippen LogP contribution is -2.65. The molecule has 1 saturated heterocycles. The highest BCUT2D eigenvalue weighted by Gasteiger charge is 2.54. The number of carbonyl (C=O) groups is 1. The average molecular weight is 463 g/mol. The molecule has 1 rings (SSSR count). The van der Waals surface area contributed by atoms with Crippen molar-refractivity contribution in [2.45, 2.75) is 129 Å². The van der Waals surface area contributed by atoms with E-state index in [1.165, 1.54) is 0 Å². The first-order valence-corrected chi connectivity index (χ1v) is 16.9. The van der Waals surface area contributed by atoms with Crippen molar-refractivity contribution in [3.63, 3.8) is 0 Å². The van der Waals surface area contributed by atoms with Gasteiger partial charge in [0.05, 0.1) is 6.10 Å². The van der Waals surface area contributed by atoms with Crippen LogP contribution in [0.25, 0.3) is 0 Å². The van der Waals surface area contributed by atoms with Crippen LogP contribution in [0.2, 0.25) is 36.3 Å². The Morgan fingerprint density at radius 3 is 1.67 bits per heavy atom. The second kappa shape index (κ2) is 9.71. The predicted octanol–water partition coefficient (Wildman–Crippen LogP) is 5.48. The van der Waals surface area contributed by atoms with Gasteiger partial charge in [-0.25, -0.2) is 0 Å². The molecule has 1 heterocycles.